The number of rotatable bonds is 9. The second-order valence-corrected chi connectivity index (χ2v) is 4.97. The minimum absolute atomic E-state index is 0.740. The first kappa shape index (κ1) is 12.6. The van der Waals surface area contributed by atoms with Crippen LogP contribution in [0.15, 0.2) is 6.33 Å². The molecule has 0 aliphatic heterocycles. The molecule has 0 radical (unpaired) electrons. The van der Waals surface area contributed by atoms with Gasteiger partial charge in [0.05, 0.1) is 6.54 Å². The van der Waals surface area contributed by atoms with Crippen molar-refractivity contribution >= 4 is 0 Å². The lowest BCUT2D eigenvalue weighted by Gasteiger charge is -2.06. The van der Waals surface area contributed by atoms with Crippen molar-refractivity contribution in [1.29, 1.82) is 0 Å². The van der Waals surface area contributed by atoms with Gasteiger partial charge < -0.3 is 5.32 Å². The van der Waals surface area contributed by atoms with E-state index in [1.807, 2.05) is 0 Å². The number of hydrogen-bond acceptors (Lipinski definition) is 3. The van der Waals surface area contributed by atoms with Crippen molar-refractivity contribution in [2.24, 2.45) is 0 Å². The Kier molecular flexibility index (Phi) is 4.98. The van der Waals surface area contributed by atoms with Gasteiger partial charge in [-0.15, -0.1) is 0 Å². The number of nitrogens with zero attached hydrogens (tertiary/aromatic N) is 3. The molecule has 1 aliphatic carbocycles. The summed E-state index contributed by atoms with van der Waals surface area (Å²) < 4.78 is 2.06. The summed E-state index contributed by atoms with van der Waals surface area (Å²) in [6.07, 6.45) is 10.9. The van der Waals surface area contributed by atoms with Gasteiger partial charge in [0.1, 0.15) is 12.2 Å². The molecule has 1 aliphatic rings. The zero-order valence-corrected chi connectivity index (χ0v) is 10.9. The van der Waals surface area contributed by atoms with Gasteiger partial charge in [-0.1, -0.05) is 32.6 Å². The predicted molar refractivity (Wildman–Crippen MR) is 68.6 cm³/mol. The summed E-state index contributed by atoms with van der Waals surface area (Å²) in [4.78, 5) is 4.32. The third-order valence-corrected chi connectivity index (χ3v) is 3.30. The standard InChI is InChI=1S/C13H24N4/c1-2-3-4-5-6-9-17-13(15-11-16-17)10-14-12-7-8-12/h11-12,14H,2-10H2,1H3. The molecule has 1 heterocycles. The first-order valence-corrected chi connectivity index (χ1v) is 7.00. The molecule has 0 bridgehead atoms. The minimum Gasteiger partial charge on any atom is -0.307 e. The lowest BCUT2D eigenvalue weighted by atomic mass is 10.1. The summed E-state index contributed by atoms with van der Waals surface area (Å²) in [7, 11) is 0. The predicted octanol–water partition coefficient (Wildman–Crippen LogP) is 2.50. The first-order valence-electron chi connectivity index (χ1n) is 7.00. The van der Waals surface area contributed by atoms with E-state index < -0.39 is 0 Å². The van der Waals surface area contributed by atoms with Gasteiger partial charge in [-0.25, -0.2) is 9.67 Å². The fourth-order valence-electron chi connectivity index (χ4n) is 2.00. The maximum absolute atomic E-state index is 4.32. The third-order valence-electron chi connectivity index (χ3n) is 3.30. The van der Waals surface area contributed by atoms with Crippen molar-refractivity contribution in [3.63, 3.8) is 0 Å². The van der Waals surface area contributed by atoms with E-state index in [1.165, 1.54) is 44.9 Å². The van der Waals surface area contributed by atoms with Crippen molar-refractivity contribution in [3.05, 3.63) is 12.2 Å². The topological polar surface area (TPSA) is 42.7 Å². The van der Waals surface area contributed by atoms with Crippen LogP contribution in [0.2, 0.25) is 0 Å². The Balaban J connectivity index is 1.66. The van der Waals surface area contributed by atoms with Gasteiger partial charge in [-0.3, -0.25) is 0 Å². The third kappa shape index (κ3) is 4.46. The number of hydrogen-bond donors (Lipinski definition) is 1. The zero-order chi connectivity index (χ0) is 11.9. The number of aryl methyl sites for hydroxylation is 1. The molecule has 0 amide bonds. The highest BCUT2D eigenvalue weighted by molar-refractivity contribution is 4.88. The van der Waals surface area contributed by atoms with Gasteiger partial charge in [0.2, 0.25) is 0 Å². The molecule has 0 spiro atoms. The van der Waals surface area contributed by atoms with E-state index in [9.17, 15) is 0 Å². The highest BCUT2D eigenvalue weighted by atomic mass is 15.3. The van der Waals surface area contributed by atoms with E-state index in [4.69, 9.17) is 0 Å². The van der Waals surface area contributed by atoms with Crippen molar-refractivity contribution in [3.8, 4) is 0 Å². The second-order valence-electron chi connectivity index (χ2n) is 4.97. The summed E-state index contributed by atoms with van der Waals surface area (Å²) in [5, 5.41) is 7.78. The second kappa shape index (κ2) is 6.74. The van der Waals surface area contributed by atoms with Crippen LogP contribution in [0.3, 0.4) is 0 Å². The average Bonchev–Trinajstić information content (AvgIpc) is 3.06. The molecule has 4 heteroatoms. The van der Waals surface area contributed by atoms with Crippen LogP contribution in [0.1, 0.15) is 57.7 Å². The van der Waals surface area contributed by atoms with Crippen LogP contribution in [-0.4, -0.2) is 20.8 Å². The van der Waals surface area contributed by atoms with Gasteiger partial charge >= 0.3 is 0 Å². The number of nitrogens with one attached hydrogen (secondary N) is 1. The molecule has 2 rings (SSSR count). The van der Waals surface area contributed by atoms with Gasteiger partial charge in [0.25, 0.3) is 0 Å². The molecular weight excluding hydrogens is 212 g/mol. The molecule has 1 saturated carbocycles. The largest absolute Gasteiger partial charge is 0.307 e. The molecule has 0 unspecified atom stereocenters. The van der Waals surface area contributed by atoms with Crippen molar-refractivity contribution in [2.45, 2.75) is 71.0 Å². The minimum atomic E-state index is 0.740. The Morgan fingerprint density at radius 2 is 2.12 bits per heavy atom. The molecule has 17 heavy (non-hydrogen) atoms. The van der Waals surface area contributed by atoms with Gasteiger partial charge in [0.15, 0.2) is 0 Å². The maximum Gasteiger partial charge on any atom is 0.140 e. The average molecular weight is 236 g/mol. The SMILES string of the molecule is CCCCCCCn1ncnc1CNC1CC1. The monoisotopic (exact) mass is 236 g/mol. The van der Waals surface area contributed by atoms with E-state index in [-0.39, 0.29) is 0 Å². The van der Waals surface area contributed by atoms with Crippen molar-refractivity contribution < 1.29 is 0 Å². The van der Waals surface area contributed by atoms with Crippen LogP contribution in [0.4, 0.5) is 0 Å². The van der Waals surface area contributed by atoms with Gasteiger partial charge in [-0.05, 0) is 19.3 Å². The summed E-state index contributed by atoms with van der Waals surface area (Å²) >= 11 is 0. The van der Waals surface area contributed by atoms with Gasteiger partial charge in [0, 0.05) is 12.6 Å². The molecule has 0 atom stereocenters. The van der Waals surface area contributed by atoms with E-state index in [0.717, 1.165) is 25.0 Å². The molecule has 1 aromatic heterocycles. The Morgan fingerprint density at radius 1 is 1.29 bits per heavy atom. The molecule has 96 valence electrons. The van der Waals surface area contributed by atoms with Gasteiger partial charge in [-0.2, -0.15) is 5.10 Å². The summed E-state index contributed by atoms with van der Waals surface area (Å²) in [5.41, 5.74) is 0. The lowest BCUT2D eigenvalue weighted by Crippen LogP contribution is -2.19. The number of unbranched alkanes of at least 4 members (excludes halogenated alkanes) is 4. The molecule has 0 saturated heterocycles. The zero-order valence-electron chi connectivity index (χ0n) is 10.9. The molecule has 4 nitrogen and oxygen atoms in total. The Hall–Kier alpha value is -0.900. The summed E-state index contributed by atoms with van der Waals surface area (Å²) in [6, 6.07) is 0.740. The fourth-order valence-corrected chi connectivity index (χ4v) is 2.00. The Bertz CT molecular complexity index is 317. The Labute approximate surface area is 104 Å². The smallest absolute Gasteiger partial charge is 0.140 e. The highest BCUT2D eigenvalue weighted by Gasteiger charge is 2.20. The van der Waals surface area contributed by atoms with E-state index in [2.05, 4.69) is 27.0 Å². The summed E-state index contributed by atoms with van der Waals surface area (Å²) in [5.74, 6) is 1.09. The normalized spacial score (nSPS) is 15.4. The molecule has 1 aromatic rings. The van der Waals surface area contributed by atoms with Crippen LogP contribution in [0.5, 0.6) is 0 Å². The molecule has 1 N–H and O–H groups in total. The van der Waals surface area contributed by atoms with E-state index in [1.54, 1.807) is 6.33 Å². The Morgan fingerprint density at radius 3 is 2.88 bits per heavy atom. The van der Waals surface area contributed by atoms with Crippen molar-refractivity contribution in [2.75, 3.05) is 0 Å². The quantitative estimate of drug-likeness (QED) is 0.670. The van der Waals surface area contributed by atoms with Crippen LogP contribution >= 0.6 is 0 Å². The lowest BCUT2D eigenvalue weighted by molar-refractivity contribution is 0.502. The van der Waals surface area contributed by atoms with Crippen molar-refractivity contribution in [1.82, 2.24) is 20.1 Å². The van der Waals surface area contributed by atoms with Crippen LogP contribution in [0, 0.1) is 0 Å². The first-order chi connectivity index (χ1) is 8.40. The van der Waals surface area contributed by atoms with Crippen LogP contribution in [-0.2, 0) is 13.1 Å². The number of aromatic nitrogens is 3. The maximum atomic E-state index is 4.32. The van der Waals surface area contributed by atoms with Crippen LogP contribution in [0.25, 0.3) is 0 Å². The fraction of sp³-hybridized carbons (Fsp3) is 0.846. The molecule has 0 aromatic carbocycles. The van der Waals surface area contributed by atoms with E-state index in [0.29, 0.717) is 0 Å². The van der Waals surface area contributed by atoms with E-state index >= 15 is 0 Å². The van der Waals surface area contributed by atoms with Crippen LogP contribution < -0.4 is 5.32 Å². The molecular formula is C13H24N4. The molecule has 1 fully saturated rings. The highest BCUT2D eigenvalue weighted by Crippen LogP contribution is 2.18. The summed E-state index contributed by atoms with van der Waals surface area (Å²) in [6.45, 7) is 4.14.